The van der Waals surface area contributed by atoms with Crippen LogP contribution >= 0.6 is 0 Å². The zero-order valence-electron chi connectivity index (χ0n) is 14.3. The molecule has 0 aliphatic rings. The summed E-state index contributed by atoms with van der Waals surface area (Å²) < 4.78 is 0. The molecule has 0 radical (unpaired) electrons. The molecule has 0 atom stereocenters. The smallest absolute Gasteiger partial charge is 0.314 e. The van der Waals surface area contributed by atoms with E-state index >= 15 is 0 Å². The molecule has 2 amide bonds. The number of carbonyl (C=O) groups excluding carboxylic acids is 3. The molecule has 0 heterocycles. The monoisotopic (exact) mass is 336 g/mol. The first kappa shape index (κ1) is 18.1. The number of amides is 2. The number of benzene rings is 2. The Labute approximate surface area is 146 Å². The number of allylic oxidation sites excluding steroid dienone is 1. The van der Waals surface area contributed by atoms with Crippen LogP contribution in [0.1, 0.15) is 29.8 Å². The Kier molecular flexibility index (Phi) is 5.84. The number of ketones is 1. The molecule has 0 aliphatic carbocycles. The first-order valence-electron chi connectivity index (χ1n) is 7.93. The lowest BCUT2D eigenvalue weighted by Gasteiger charge is -2.10. The fraction of sp³-hybridized carbons (Fsp3) is 0.150. The molecule has 0 aromatic heterocycles. The van der Waals surface area contributed by atoms with Crippen molar-refractivity contribution in [3.8, 4) is 0 Å². The summed E-state index contributed by atoms with van der Waals surface area (Å²) in [6, 6.07) is 13.6. The summed E-state index contributed by atoms with van der Waals surface area (Å²) in [5.41, 5.74) is 2.92. The van der Waals surface area contributed by atoms with E-state index in [0.717, 1.165) is 12.0 Å². The van der Waals surface area contributed by atoms with E-state index in [2.05, 4.69) is 17.2 Å². The molecule has 2 rings (SSSR count). The van der Waals surface area contributed by atoms with Gasteiger partial charge in [-0.25, -0.2) is 0 Å². The quantitative estimate of drug-likeness (QED) is 0.498. The van der Waals surface area contributed by atoms with Crippen molar-refractivity contribution in [2.75, 3.05) is 10.6 Å². The third kappa shape index (κ3) is 4.64. The van der Waals surface area contributed by atoms with Crippen LogP contribution in [0.4, 0.5) is 11.4 Å². The molecule has 0 aliphatic heterocycles. The Morgan fingerprint density at radius 3 is 2.12 bits per heavy atom. The van der Waals surface area contributed by atoms with Gasteiger partial charge in [0.2, 0.25) is 0 Å². The van der Waals surface area contributed by atoms with Crippen LogP contribution in [0.5, 0.6) is 0 Å². The van der Waals surface area contributed by atoms with Crippen molar-refractivity contribution in [1.82, 2.24) is 0 Å². The second-order valence-corrected chi connectivity index (χ2v) is 5.61. The number of rotatable bonds is 5. The van der Waals surface area contributed by atoms with Gasteiger partial charge in [0, 0.05) is 16.9 Å². The molecule has 0 saturated carbocycles. The number of para-hydroxylation sites is 1. The number of Topliss-reactive ketones (excluding diaryl/α,β-unsaturated/α-hetero) is 1. The molecular weight excluding hydrogens is 316 g/mol. The van der Waals surface area contributed by atoms with Gasteiger partial charge < -0.3 is 10.6 Å². The molecule has 0 fully saturated rings. The van der Waals surface area contributed by atoms with Gasteiger partial charge in [0.15, 0.2) is 5.78 Å². The largest absolute Gasteiger partial charge is 0.318 e. The summed E-state index contributed by atoms with van der Waals surface area (Å²) in [7, 11) is 0. The van der Waals surface area contributed by atoms with E-state index in [-0.39, 0.29) is 5.78 Å². The Hall–Kier alpha value is -3.21. The first-order valence-corrected chi connectivity index (χ1v) is 7.93. The summed E-state index contributed by atoms with van der Waals surface area (Å²) in [5.74, 6) is -1.68. The van der Waals surface area contributed by atoms with Gasteiger partial charge in [-0.15, -0.1) is 0 Å². The second kappa shape index (κ2) is 8.06. The van der Waals surface area contributed by atoms with Gasteiger partial charge in [-0.05, 0) is 54.8 Å². The molecule has 5 heteroatoms. The van der Waals surface area contributed by atoms with Crippen LogP contribution in [-0.4, -0.2) is 17.6 Å². The van der Waals surface area contributed by atoms with Crippen molar-refractivity contribution in [1.29, 1.82) is 0 Å². The highest BCUT2D eigenvalue weighted by molar-refractivity contribution is 6.43. The van der Waals surface area contributed by atoms with E-state index in [1.54, 1.807) is 43.3 Å². The maximum atomic E-state index is 12.1. The summed E-state index contributed by atoms with van der Waals surface area (Å²) in [4.78, 5) is 35.9. The molecule has 5 nitrogen and oxygen atoms in total. The average molecular weight is 336 g/mol. The Balaban J connectivity index is 2.02. The van der Waals surface area contributed by atoms with Crippen LogP contribution in [0.15, 0.2) is 60.7 Å². The highest BCUT2D eigenvalue weighted by Gasteiger charge is 2.15. The van der Waals surface area contributed by atoms with Gasteiger partial charge in [-0.2, -0.15) is 0 Å². The minimum Gasteiger partial charge on any atom is -0.318 e. The normalized spacial score (nSPS) is 10.0. The van der Waals surface area contributed by atoms with E-state index in [1.807, 2.05) is 19.1 Å². The van der Waals surface area contributed by atoms with Crippen LogP contribution in [0.25, 0.3) is 0 Å². The highest BCUT2D eigenvalue weighted by atomic mass is 16.2. The molecule has 0 saturated heterocycles. The Morgan fingerprint density at radius 1 is 0.920 bits per heavy atom. The number of carbonyl (C=O) groups is 3. The van der Waals surface area contributed by atoms with Crippen LogP contribution in [0.3, 0.4) is 0 Å². The lowest BCUT2D eigenvalue weighted by Crippen LogP contribution is -2.29. The van der Waals surface area contributed by atoms with Gasteiger partial charge in [0.25, 0.3) is 0 Å². The van der Waals surface area contributed by atoms with Crippen LogP contribution in [0, 0.1) is 0 Å². The van der Waals surface area contributed by atoms with E-state index in [1.165, 1.54) is 0 Å². The van der Waals surface area contributed by atoms with Crippen LogP contribution in [0.2, 0.25) is 0 Å². The first-order chi connectivity index (χ1) is 11.9. The third-order valence-corrected chi connectivity index (χ3v) is 3.65. The number of hydrogen-bond donors (Lipinski definition) is 2. The van der Waals surface area contributed by atoms with Crippen molar-refractivity contribution in [3.05, 3.63) is 71.8 Å². The number of aryl methyl sites for hydroxylation is 1. The summed E-state index contributed by atoms with van der Waals surface area (Å²) in [6.45, 7) is 7.21. The maximum absolute atomic E-state index is 12.1. The second-order valence-electron chi connectivity index (χ2n) is 5.61. The Morgan fingerprint density at radius 2 is 1.52 bits per heavy atom. The van der Waals surface area contributed by atoms with Crippen molar-refractivity contribution in [2.45, 2.75) is 20.3 Å². The minimum atomic E-state index is -0.773. The summed E-state index contributed by atoms with van der Waals surface area (Å²) in [6.07, 6.45) is 0.746. The molecule has 0 spiro atoms. The van der Waals surface area contributed by atoms with E-state index in [4.69, 9.17) is 0 Å². The Bertz CT molecular complexity index is 823. The molecule has 2 aromatic rings. The van der Waals surface area contributed by atoms with Crippen LogP contribution < -0.4 is 10.6 Å². The third-order valence-electron chi connectivity index (χ3n) is 3.65. The zero-order chi connectivity index (χ0) is 18.4. The summed E-state index contributed by atoms with van der Waals surface area (Å²) in [5, 5.41) is 5.12. The van der Waals surface area contributed by atoms with Gasteiger partial charge >= 0.3 is 11.8 Å². The molecule has 2 aromatic carbocycles. The topological polar surface area (TPSA) is 75.3 Å². The lowest BCUT2D eigenvalue weighted by molar-refractivity contribution is -0.133. The molecule has 25 heavy (non-hydrogen) atoms. The van der Waals surface area contributed by atoms with Gasteiger partial charge in [-0.1, -0.05) is 31.7 Å². The fourth-order valence-electron chi connectivity index (χ4n) is 2.27. The number of nitrogens with one attached hydrogen (secondary N) is 2. The van der Waals surface area contributed by atoms with Crippen molar-refractivity contribution < 1.29 is 14.4 Å². The minimum absolute atomic E-state index is 0.160. The number of hydrogen-bond acceptors (Lipinski definition) is 3. The summed E-state index contributed by atoms with van der Waals surface area (Å²) >= 11 is 0. The predicted octanol–water partition coefficient (Wildman–Crippen LogP) is 3.59. The van der Waals surface area contributed by atoms with Gasteiger partial charge in [0.05, 0.1) is 0 Å². The van der Waals surface area contributed by atoms with Crippen molar-refractivity contribution in [3.63, 3.8) is 0 Å². The fourth-order valence-corrected chi connectivity index (χ4v) is 2.27. The molecular formula is C20H20N2O3. The standard InChI is InChI=1S/C20H20N2O3/c1-4-14-7-5-6-8-17(14)22-20(25)19(24)21-16-11-9-15(10-12-16)18(23)13(2)3/h5-12H,2,4H2,1,3H3,(H,21,24)(H,22,25). The van der Waals surface area contributed by atoms with E-state index < -0.39 is 11.8 Å². The number of anilines is 2. The van der Waals surface area contributed by atoms with Crippen molar-refractivity contribution in [2.24, 2.45) is 0 Å². The molecule has 0 bridgehead atoms. The van der Waals surface area contributed by atoms with Gasteiger partial charge in [-0.3, -0.25) is 14.4 Å². The molecule has 128 valence electrons. The highest BCUT2D eigenvalue weighted by Crippen LogP contribution is 2.16. The van der Waals surface area contributed by atoms with Gasteiger partial charge in [0.1, 0.15) is 0 Å². The average Bonchev–Trinajstić information content (AvgIpc) is 2.62. The maximum Gasteiger partial charge on any atom is 0.314 e. The predicted molar refractivity (Wildman–Crippen MR) is 98.7 cm³/mol. The zero-order valence-corrected chi connectivity index (χ0v) is 14.3. The van der Waals surface area contributed by atoms with E-state index in [9.17, 15) is 14.4 Å². The SMILES string of the molecule is C=C(C)C(=O)c1ccc(NC(=O)C(=O)Nc2ccccc2CC)cc1. The lowest BCUT2D eigenvalue weighted by atomic mass is 10.1. The molecule has 2 N–H and O–H groups in total. The van der Waals surface area contributed by atoms with E-state index in [0.29, 0.717) is 22.5 Å². The van der Waals surface area contributed by atoms with Crippen LogP contribution in [-0.2, 0) is 16.0 Å². The molecule has 0 unspecified atom stereocenters. The van der Waals surface area contributed by atoms with Crippen molar-refractivity contribution >= 4 is 29.0 Å².